The van der Waals surface area contributed by atoms with Crippen LogP contribution in [0.2, 0.25) is 0 Å². The first-order valence-corrected chi connectivity index (χ1v) is 7.26. The number of methoxy groups -OCH3 is 1. The normalized spacial score (nSPS) is 12.1. The van der Waals surface area contributed by atoms with E-state index in [1.807, 2.05) is 0 Å². The van der Waals surface area contributed by atoms with Crippen LogP contribution in [0.15, 0.2) is 24.3 Å². The van der Waals surface area contributed by atoms with Gasteiger partial charge < -0.3 is 23.7 Å². The zero-order valence-corrected chi connectivity index (χ0v) is 12.8. The molecule has 0 fully saturated rings. The lowest BCUT2D eigenvalue weighted by Crippen LogP contribution is -2.23. The first-order chi connectivity index (χ1) is 10.8. The van der Waals surface area contributed by atoms with Crippen LogP contribution in [-0.2, 0) is 19.0 Å². The van der Waals surface area contributed by atoms with Crippen molar-refractivity contribution in [3.8, 4) is 5.75 Å². The highest BCUT2D eigenvalue weighted by Gasteiger charge is 2.10. The van der Waals surface area contributed by atoms with Gasteiger partial charge in [-0.15, -0.1) is 0 Å². The topological polar surface area (TPSA) is 54.0 Å². The van der Waals surface area contributed by atoms with Gasteiger partial charge in [0.15, 0.2) is 0 Å². The summed E-state index contributed by atoms with van der Waals surface area (Å²) in [4.78, 5) is 10.4. The Bertz CT molecular complexity index is 396. The van der Waals surface area contributed by atoms with Gasteiger partial charge >= 0.3 is 0 Å². The van der Waals surface area contributed by atoms with Crippen molar-refractivity contribution >= 4 is 6.29 Å². The smallest absolute Gasteiger partial charge is 0.147 e. The average Bonchev–Trinajstić information content (AvgIpc) is 2.53. The summed E-state index contributed by atoms with van der Waals surface area (Å²) in [7, 11) is 1.60. The van der Waals surface area contributed by atoms with Crippen molar-refractivity contribution in [2.24, 2.45) is 0 Å². The van der Waals surface area contributed by atoms with E-state index in [0.717, 1.165) is 12.7 Å². The van der Waals surface area contributed by atoms with E-state index in [0.29, 0.717) is 38.4 Å². The lowest BCUT2D eigenvalue weighted by Gasteiger charge is -2.18. The maximum Gasteiger partial charge on any atom is 0.147 e. The number of halogens is 1. The van der Waals surface area contributed by atoms with E-state index >= 15 is 0 Å². The van der Waals surface area contributed by atoms with Crippen molar-refractivity contribution in [3.63, 3.8) is 0 Å². The summed E-state index contributed by atoms with van der Waals surface area (Å²) in [6.45, 7) is 1.42. The number of carbonyl (C=O) groups is 1. The van der Waals surface area contributed by atoms with Crippen molar-refractivity contribution in [2.45, 2.75) is 25.4 Å². The molecule has 22 heavy (non-hydrogen) atoms. The summed E-state index contributed by atoms with van der Waals surface area (Å²) in [6, 6.07) is 5.80. The lowest BCUT2D eigenvalue weighted by molar-refractivity contribution is -0.111. The number of rotatable bonds is 13. The Labute approximate surface area is 130 Å². The second-order valence-electron chi connectivity index (χ2n) is 4.67. The first kappa shape index (κ1) is 18.5. The van der Waals surface area contributed by atoms with E-state index in [-0.39, 0.29) is 18.7 Å². The molecule has 124 valence electrons. The van der Waals surface area contributed by atoms with Crippen molar-refractivity contribution in [3.05, 3.63) is 30.1 Å². The minimum Gasteiger partial charge on any atom is -0.491 e. The van der Waals surface area contributed by atoms with E-state index < -0.39 is 0 Å². The molecule has 0 aliphatic heterocycles. The third-order valence-electron chi connectivity index (χ3n) is 2.92. The summed E-state index contributed by atoms with van der Waals surface area (Å²) in [5, 5.41) is 0. The summed E-state index contributed by atoms with van der Waals surface area (Å²) in [5.41, 5.74) is 0. The molecule has 6 heteroatoms. The molecule has 1 aromatic carbocycles. The molecular formula is C16H23FO5. The molecule has 5 nitrogen and oxygen atoms in total. The Morgan fingerprint density at radius 3 is 2.68 bits per heavy atom. The first-order valence-electron chi connectivity index (χ1n) is 7.26. The van der Waals surface area contributed by atoms with E-state index in [1.165, 1.54) is 12.1 Å². The van der Waals surface area contributed by atoms with Gasteiger partial charge in [-0.1, -0.05) is 0 Å². The standard InChI is InChI=1S/C16H23FO5/c1-19-10-11-20-13-22-16(4-2-3-9-18)12-21-15-7-5-14(17)6-8-15/h5-9,16H,2-4,10-13H2,1H3/t16-/m1/s1. The zero-order valence-electron chi connectivity index (χ0n) is 12.8. The fraction of sp³-hybridized carbons (Fsp3) is 0.562. The Kier molecular flexibility index (Phi) is 10.2. The Morgan fingerprint density at radius 2 is 2.00 bits per heavy atom. The predicted octanol–water partition coefficient (Wildman–Crippen LogP) is 2.58. The Balaban J connectivity index is 2.32. The van der Waals surface area contributed by atoms with Crippen molar-refractivity contribution in [1.82, 2.24) is 0 Å². The molecule has 0 aliphatic carbocycles. The summed E-state index contributed by atoms with van der Waals surface area (Å²) in [6.07, 6.45) is 2.59. The molecule has 0 N–H and O–H groups in total. The summed E-state index contributed by atoms with van der Waals surface area (Å²) < 4.78 is 34.1. The van der Waals surface area contributed by atoms with Crippen LogP contribution in [0.25, 0.3) is 0 Å². The molecule has 1 atom stereocenters. The van der Waals surface area contributed by atoms with Gasteiger partial charge in [0.2, 0.25) is 0 Å². The van der Waals surface area contributed by atoms with Gasteiger partial charge in [-0.2, -0.15) is 0 Å². The van der Waals surface area contributed by atoms with E-state index in [9.17, 15) is 9.18 Å². The molecule has 0 saturated carbocycles. The Morgan fingerprint density at radius 1 is 1.23 bits per heavy atom. The van der Waals surface area contributed by atoms with Gasteiger partial charge in [-0.3, -0.25) is 0 Å². The lowest BCUT2D eigenvalue weighted by atomic mass is 10.2. The zero-order chi connectivity index (χ0) is 16.0. The van der Waals surface area contributed by atoms with Crippen LogP contribution < -0.4 is 4.74 Å². The molecular weight excluding hydrogens is 291 g/mol. The van der Waals surface area contributed by atoms with Gasteiger partial charge in [0.1, 0.15) is 31.3 Å². The quantitative estimate of drug-likeness (QED) is 0.318. The average molecular weight is 314 g/mol. The molecule has 0 unspecified atom stereocenters. The summed E-state index contributed by atoms with van der Waals surface area (Å²) >= 11 is 0. The molecule has 0 aliphatic rings. The van der Waals surface area contributed by atoms with Crippen molar-refractivity contribution in [2.75, 3.05) is 33.7 Å². The highest BCUT2D eigenvalue weighted by atomic mass is 19.1. The molecule has 0 amide bonds. The number of hydrogen-bond acceptors (Lipinski definition) is 5. The number of ether oxygens (including phenoxy) is 4. The van der Waals surface area contributed by atoms with Crippen molar-refractivity contribution < 1.29 is 28.1 Å². The largest absolute Gasteiger partial charge is 0.491 e. The second kappa shape index (κ2) is 12.1. The van der Waals surface area contributed by atoms with Crippen LogP contribution in [0.1, 0.15) is 19.3 Å². The van der Waals surface area contributed by atoms with Gasteiger partial charge in [0, 0.05) is 13.5 Å². The van der Waals surface area contributed by atoms with Gasteiger partial charge in [-0.25, -0.2) is 4.39 Å². The van der Waals surface area contributed by atoms with E-state index in [2.05, 4.69) is 0 Å². The summed E-state index contributed by atoms with van der Waals surface area (Å²) in [5.74, 6) is 0.267. The number of benzene rings is 1. The fourth-order valence-corrected chi connectivity index (χ4v) is 1.71. The monoisotopic (exact) mass is 314 g/mol. The van der Waals surface area contributed by atoms with Crippen LogP contribution >= 0.6 is 0 Å². The van der Waals surface area contributed by atoms with E-state index in [4.69, 9.17) is 18.9 Å². The maximum atomic E-state index is 12.8. The molecule has 0 aromatic heterocycles. The predicted molar refractivity (Wildman–Crippen MR) is 79.4 cm³/mol. The number of aldehydes is 1. The van der Waals surface area contributed by atoms with Crippen LogP contribution in [0.3, 0.4) is 0 Å². The second-order valence-corrected chi connectivity index (χ2v) is 4.67. The van der Waals surface area contributed by atoms with Gasteiger partial charge in [-0.05, 0) is 37.1 Å². The number of unbranched alkanes of at least 4 members (excludes halogenated alkanes) is 1. The van der Waals surface area contributed by atoms with E-state index in [1.54, 1.807) is 19.2 Å². The molecule has 0 saturated heterocycles. The molecule has 0 bridgehead atoms. The highest BCUT2D eigenvalue weighted by molar-refractivity contribution is 5.48. The minimum atomic E-state index is -0.308. The van der Waals surface area contributed by atoms with Crippen molar-refractivity contribution in [1.29, 1.82) is 0 Å². The number of carbonyl (C=O) groups excluding carboxylic acids is 1. The third kappa shape index (κ3) is 8.71. The van der Waals surface area contributed by atoms with Crippen LogP contribution in [-0.4, -0.2) is 46.1 Å². The SMILES string of the molecule is COCCOCO[C@H](CCCC=O)COc1ccc(F)cc1. The van der Waals surface area contributed by atoms with Crippen LogP contribution in [0.5, 0.6) is 5.75 Å². The fourth-order valence-electron chi connectivity index (χ4n) is 1.71. The minimum absolute atomic E-state index is 0.141. The molecule has 0 spiro atoms. The number of hydrogen-bond donors (Lipinski definition) is 0. The molecule has 1 rings (SSSR count). The third-order valence-corrected chi connectivity index (χ3v) is 2.92. The molecule has 0 radical (unpaired) electrons. The van der Waals surface area contributed by atoms with Gasteiger partial charge in [0.25, 0.3) is 0 Å². The van der Waals surface area contributed by atoms with Crippen LogP contribution in [0, 0.1) is 5.82 Å². The maximum absolute atomic E-state index is 12.8. The van der Waals surface area contributed by atoms with Gasteiger partial charge in [0.05, 0.1) is 19.3 Å². The molecule has 0 heterocycles. The molecule has 1 aromatic rings. The Hall–Kier alpha value is -1.50. The van der Waals surface area contributed by atoms with Crippen LogP contribution in [0.4, 0.5) is 4.39 Å². The highest BCUT2D eigenvalue weighted by Crippen LogP contribution is 2.13.